The summed E-state index contributed by atoms with van der Waals surface area (Å²) in [5, 5.41) is 8.24. The summed E-state index contributed by atoms with van der Waals surface area (Å²) in [5.41, 5.74) is 3.10. The SMILES string of the molecule is Cc1cccc(-c2nnc(S[C@H](C)C(=O)N(C)Cc3ccccc3)o2)c1. The zero-order valence-corrected chi connectivity index (χ0v) is 15.9. The van der Waals surface area contributed by atoms with Crippen LogP contribution < -0.4 is 0 Å². The van der Waals surface area contributed by atoms with Crippen molar-refractivity contribution in [1.29, 1.82) is 0 Å². The quantitative estimate of drug-likeness (QED) is 0.612. The topological polar surface area (TPSA) is 59.2 Å². The third-order valence-electron chi connectivity index (χ3n) is 3.94. The molecule has 0 aliphatic rings. The van der Waals surface area contributed by atoms with Crippen LogP contribution in [0.1, 0.15) is 18.1 Å². The van der Waals surface area contributed by atoms with Gasteiger partial charge in [0.2, 0.25) is 11.8 Å². The van der Waals surface area contributed by atoms with Gasteiger partial charge >= 0.3 is 0 Å². The van der Waals surface area contributed by atoms with Crippen molar-refractivity contribution in [2.24, 2.45) is 0 Å². The van der Waals surface area contributed by atoms with Gasteiger partial charge in [0, 0.05) is 19.2 Å². The summed E-state index contributed by atoms with van der Waals surface area (Å²) in [6.07, 6.45) is 0. The van der Waals surface area contributed by atoms with Crippen molar-refractivity contribution >= 4 is 17.7 Å². The molecule has 1 aromatic heterocycles. The molecule has 3 aromatic rings. The van der Waals surface area contributed by atoms with Crippen molar-refractivity contribution in [2.45, 2.75) is 30.9 Å². The lowest BCUT2D eigenvalue weighted by atomic mass is 10.1. The van der Waals surface area contributed by atoms with Crippen LogP contribution in [0.3, 0.4) is 0 Å². The number of hydrogen-bond acceptors (Lipinski definition) is 5. The molecule has 0 unspecified atom stereocenters. The highest BCUT2D eigenvalue weighted by Gasteiger charge is 2.22. The summed E-state index contributed by atoms with van der Waals surface area (Å²) in [7, 11) is 1.80. The molecule has 0 aliphatic carbocycles. The second-order valence-electron chi connectivity index (χ2n) is 6.18. The van der Waals surface area contributed by atoms with E-state index in [2.05, 4.69) is 10.2 Å². The molecular weight excluding hydrogens is 346 g/mol. The Kier molecular flexibility index (Phi) is 5.73. The molecule has 0 N–H and O–H groups in total. The van der Waals surface area contributed by atoms with Crippen LogP contribution in [0.25, 0.3) is 11.5 Å². The van der Waals surface area contributed by atoms with E-state index in [-0.39, 0.29) is 11.2 Å². The number of nitrogens with zero attached hydrogens (tertiary/aromatic N) is 3. The average Bonchev–Trinajstić information content (AvgIpc) is 3.10. The molecule has 0 saturated heterocycles. The van der Waals surface area contributed by atoms with Crippen molar-refractivity contribution in [3.05, 3.63) is 65.7 Å². The maximum Gasteiger partial charge on any atom is 0.277 e. The highest BCUT2D eigenvalue weighted by atomic mass is 32.2. The van der Waals surface area contributed by atoms with Crippen molar-refractivity contribution < 1.29 is 9.21 Å². The van der Waals surface area contributed by atoms with Gasteiger partial charge in [-0.15, -0.1) is 10.2 Å². The zero-order valence-electron chi connectivity index (χ0n) is 15.0. The molecule has 1 heterocycles. The first-order valence-electron chi connectivity index (χ1n) is 8.39. The highest BCUT2D eigenvalue weighted by Crippen LogP contribution is 2.27. The van der Waals surface area contributed by atoms with Gasteiger partial charge in [0.25, 0.3) is 5.22 Å². The smallest absolute Gasteiger partial charge is 0.277 e. The first-order valence-corrected chi connectivity index (χ1v) is 9.27. The van der Waals surface area contributed by atoms with E-state index in [1.54, 1.807) is 11.9 Å². The highest BCUT2D eigenvalue weighted by molar-refractivity contribution is 8.00. The summed E-state index contributed by atoms with van der Waals surface area (Å²) in [4.78, 5) is 14.3. The molecule has 0 radical (unpaired) electrons. The van der Waals surface area contributed by atoms with E-state index in [4.69, 9.17) is 4.42 Å². The van der Waals surface area contributed by atoms with E-state index >= 15 is 0 Å². The fourth-order valence-corrected chi connectivity index (χ4v) is 3.40. The minimum absolute atomic E-state index is 0.0224. The molecule has 0 aliphatic heterocycles. The Morgan fingerprint density at radius 1 is 1.15 bits per heavy atom. The second-order valence-corrected chi connectivity index (χ2v) is 7.47. The van der Waals surface area contributed by atoms with Crippen LogP contribution >= 0.6 is 11.8 Å². The molecule has 26 heavy (non-hydrogen) atoms. The normalized spacial score (nSPS) is 12.0. The molecule has 0 spiro atoms. The Morgan fingerprint density at radius 2 is 1.92 bits per heavy atom. The van der Waals surface area contributed by atoms with Crippen LogP contribution in [0, 0.1) is 6.92 Å². The van der Waals surface area contributed by atoms with Crippen LogP contribution in [-0.2, 0) is 11.3 Å². The maximum atomic E-state index is 12.6. The predicted octanol–water partition coefficient (Wildman–Crippen LogP) is 4.18. The van der Waals surface area contributed by atoms with Crippen molar-refractivity contribution in [3.63, 3.8) is 0 Å². The predicted molar refractivity (Wildman–Crippen MR) is 103 cm³/mol. The van der Waals surface area contributed by atoms with Gasteiger partial charge in [-0.1, -0.05) is 59.8 Å². The molecule has 0 fully saturated rings. The lowest BCUT2D eigenvalue weighted by Crippen LogP contribution is -2.32. The number of rotatable bonds is 6. The minimum atomic E-state index is -0.311. The summed E-state index contributed by atoms with van der Waals surface area (Å²) in [6.45, 7) is 4.44. The summed E-state index contributed by atoms with van der Waals surface area (Å²) >= 11 is 1.28. The fourth-order valence-electron chi connectivity index (χ4n) is 2.60. The van der Waals surface area contributed by atoms with Crippen LogP contribution in [0.2, 0.25) is 0 Å². The van der Waals surface area contributed by atoms with Crippen molar-refractivity contribution in [2.75, 3.05) is 7.05 Å². The number of carbonyl (C=O) groups is 1. The number of benzene rings is 2. The Morgan fingerprint density at radius 3 is 2.65 bits per heavy atom. The van der Waals surface area contributed by atoms with Gasteiger partial charge in [-0.05, 0) is 31.5 Å². The summed E-state index contributed by atoms with van der Waals surface area (Å²) < 4.78 is 5.71. The van der Waals surface area contributed by atoms with Crippen LogP contribution in [0.15, 0.2) is 64.2 Å². The Bertz CT molecular complexity index is 880. The van der Waals surface area contributed by atoms with Gasteiger partial charge in [0.05, 0.1) is 5.25 Å². The average molecular weight is 367 g/mol. The van der Waals surface area contributed by atoms with Crippen molar-refractivity contribution in [1.82, 2.24) is 15.1 Å². The Labute approximate surface area is 157 Å². The lowest BCUT2D eigenvalue weighted by molar-refractivity contribution is -0.129. The summed E-state index contributed by atoms with van der Waals surface area (Å²) in [5.74, 6) is 0.489. The molecule has 5 nitrogen and oxygen atoms in total. The first-order chi connectivity index (χ1) is 12.5. The maximum absolute atomic E-state index is 12.6. The van der Waals surface area contributed by atoms with E-state index < -0.39 is 0 Å². The molecular formula is C20H21N3O2S. The molecule has 1 atom stereocenters. The van der Waals surface area contributed by atoms with Gasteiger partial charge in [-0.3, -0.25) is 4.79 Å². The fraction of sp³-hybridized carbons (Fsp3) is 0.250. The van der Waals surface area contributed by atoms with E-state index in [0.29, 0.717) is 17.7 Å². The molecule has 6 heteroatoms. The van der Waals surface area contributed by atoms with Crippen LogP contribution in [0.5, 0.6) is 0 Å². The number of hydrogen-bond donors (Lipinski definition) is 0. The summed E-state index contributed by atoms with van der Waals surface area (Å²) in [6, 6.07) is 17.8. The third-order valence-corrected chi connectivity index (χ3v) is 4.86. The molecule has 1 amide bonds. The molecule has 2 aromatic carbocycles. The number of thioether (sulfide) groups is 1. The zero-order chi connectivity index (χ0) is 18.5. The van der Waals surface area contributed by atoms with Gasteiger partial charge < -0.3 is 9.32 Å². The second kappa shape index (κ2) is 8.19. The van der Waals surface area contributed by atoms with Gasteiger partial charge in [-0.25, -0.2) is 0 Å². The van der Waals surface area contributed by atoms with Crippen molar-refractivity contribution in [3.8, 4) is 11.5 Å². The van der Waals surface area contributed by atoms with E-state index in [1.807, 2.05) is 68.4 Å². The first kappa shape index (κ1) is 18.2. The molecule has 0 bridgehead atoms. The number of aromatic nitrogens is 2. The van der Waals surface area contributed by atoms with Crippen LogP contribution in [0.4, 0.5) is 0 Å². The number of carbonyl (C=O) groups excluding carboxylic acids is 1. The largest absolute Gasteiger partial charge is 0.411 e. The minimum Gasteiger partial charge on any atom is -0.411 e. The monoisotopic (exact) mass is 367 g/mol. The molecule has 0 saturated carbocycles. The molecule has 3 rings (SSSR count). The Balaban J connectivity index is 1.62. The van der Waals surface area contributed by atoms with E-state index in [0.717, 1.165) is 16.7 Å². The number of aryl methyl sites for hydroxylation is 1. The number of amides is 1. The van der Waals surface area contributed by atoms with Gasteiger partial charge in [0.1, 0.15) is 0 Å². The van der Waals surface area contributed by atoms with Gasteiger partial charge in [0.15, 0.2) is 0 Å². The Hall–Kier alpha value is -2.60. The lowest BCUT2D eigenvalue weighted by Gasteiger charge is -2.20. The van der Waals surface area contributed by atoms with E-state index in [9.17, 15) is 4.79 Å². The van der Waals surface area contributed by atoms with Gasteiger partial charge in [-0.2, -0.15) is 0 Å². The van der Waals surface area contributed by atoms with E-state index in [1.165, 1.54) is 11.8 Å². The van der Waals surface area contributed by atoms with Crippen LogP contribution in [-0.4, -0.2) is 33.3 Å². The molecule has 134 valence electrons. The third kappa shape index (κ3) is 4.52. The standard InChI is InChI=1S/C20H21N3O2S/c1-14-8-7-11-17(12-14)18-21-22-20(25-18)26-15(2)19(24)23(3)13-16-9-5-4-6-10-16/h4-12,15H,13H2,1-3H3/t15-/m1/s1.